The van der Waals surface area contributed by atoms with E-state index in [-0.39, 0.29) is 5.69 Å². The molecule has 0 aromatic carbocycles. The minimum atomic E-state index is -1.06. The van der Waals surface area contributed by atoms with Gasteiger partial charge in [-0.25, -0.2) is 14.8 Å². The quantitative estimate of drug-likeness (QED) is 0.508. The largest absolute Gasteiger partial charge is 0.476 e. The average Bonchev–Trinajstić information content (AvgIpc) is 3.04. The number of carboxylic acids is 1. The molecule has 9 heteroatoms. The van der Waals surface area contributed by atoms with E-state index in [1.54, 1.807) is 0 Å². The van der Waals surface area contributed by atoms with Crippen molar-refractivity contribution in [1.82, 2.24) is 25.1 Å². The lowest BCUT2D eigenvalue weighted by atomic mass is 10.3. The molecule has 0 atom stereocenters. The summed E-state index contributed by atoms with van der Waals surface area (Å²) in [5.41, 5.74) is 1.41. The Hall–Kier alpha value is -2.17. The lowest BCUT2D eigenvalue weighted by Gasteiger charge is -2.04. The molecular formula is C11H9IN6O2. The monoisotopic (exact) mass is 384 g/mol. The molecule has 102 valence electrons. The molecule has 0 bridgehead atoms. The van der Waals surface area contributed by atoms with Crippen molar-refractivity contribution in [3.05, 3.63) is 33.5 Å². The van der Waals surface area contributed by atoms with Crippen LogP contribution in [0.2, 0.25) is 0 Å². The van der Waals surface area contributed by atoms with Gasteiger partial charge in [-0.15, -0.1) is 0 Å². The fraction of sp³-hybridized carbons (Fsp3) is 0.0909. The molecule has 0 aliphatic heterocycles. The number of hydrogen-bond acceptors (Lipinski definition) is 5. The third-order valence-electron chi connectivity index (χ3n) is 2.72. The minimum absolute atomic E-state index is 0.00846. The number of rotatable bonds is 4. The molecule has 3 heterocycles. The summed E-state index contributed by atoms with van der Waals surface area (Å²) in [6, 6.07) is 1.48. The lowest BCUT2D eigenvalue weighted by molar-refractivity contribution is 0.0690. The lowest BCUT2D eigenvalue weighted by Crippen LogP contribution is -2.03. The molecule has 0 saturated carbocycles. The smallest absolute Gasteiger partial charge is 0.356 e. The third kappa shape index (κ3) is 2.31. The highest BCUT2D eigenvalue weighted by molar-refractivity contribution is 14.1. The maximum Gasteiger partial charge on any atom is 0.356 e. The number of aromatic amines is 2. The van der Waals surface area contributed by atoms with Gasteiger partial charge in [-0.05, 0) is 28.7 Å². The maximum atomic E-state index is 10.7. The van der Waals surface area contributed by atoms with E-state index < -0.39 is 5.97 Å². The number of carbonyl (C=O) groups is 1. The summed E-state index contributed by atoms with van der Waals surface area (Å²) in [6.07, 6.45) is 3.32. The van der Waals surface area contributed by atoms with E-state index in [1.807, 2.05) is 6.20 Å². The molecule has 0 fully saturated rings. The highest BCUT2D eigenvalue weighted by Crippen LogP contribution is 2.24. The number of anilines is 1. The van der Waals surface area contributed by atoms with E-state index >= 15 is 0 Å². The highest BCUT2D eigenvalue weighted by Gasteiger charge is 2.11. The van der Waals surface area contributed by atoms with E-state index in [0.717, 1.165) is 14.6 Å². The van der Waals surface area contributed by atoms with Gasteiger partial charge in [0, 0.05) is 9.77 Å². The molecule has 20 heavy (non-hydrogen) atoms. The third-order valence-corrected chi connectivity index (χ3v) is 3.57. The molecule has 3 aromatic rings. The number of H-pyrrole nitrogens is 2. The van der Waals surface area contributed by atoms with Crippen LogP contribution in [-0.2, 0) is 6.54 Å². The van der Waals surface area contributed by atoms with Crippen molar-refractivity contribution in [1.29, 1.82) is 0 Å². The first-order valence-electron chi connectivity index (χ1n) is 5.64. The van der Waals surface area contributed by atoms with Gasteiger partial charge in [0.2, 0.25) is 0 Å². The van der Waals surface area contributed by atoms with E-state index in [4.69, 9.17) is 5.11 Å². The van der Waals surface area contributed by atoms with Crippen molar-refractivity contribution in [3.8, 4) is 0 Å². The van der Waals surface area contributed by atoms with E-state index in [1.165, 1.54) is 12.4 Å². The second kappa shape index (κ2) is 5.07. The minimum Gasteiger partial charge on any atom is -0.476 e. The molecule has 4 N–H and O–H groups in total. The number of hydrogen-bond donors (Lipinski definition) is 4. The molecule has 0 unspecified atom stereocenters. The molecule has 8 nitrogen and oxygen atoms in total. The Morgan fingerprint density at radius 1 is 1.45 bits per heavy atom. The van der Waals surface area contributed by atoms with Crippen LogP contribution < -0.4 is 5.32 Å². The van der Waals surface area contributed by atoms with E-state index in [0.29, 0.717) is 18.1 Å². The molecule has 0 radical (unpaired) electrons. The van der Waals surface area contributed by atoms with Crippen molar-refractivity contribution in [2.75, 3.05) is 5.32 Å². The number of carboxylic acid groups (broad SMARTS) is 1. The second-order valence-electron chi connectivity index (χ2n) is 4.02. The van der Waals surface area contributed by atoms with Crippen LogP contribution in [0.15, 0.2) is 18.6 Å². The molecule has 0 aliphatic carbocycles. The van der Waals surface area contributed by atoms with Gasteiger partial charge in [-0.3, -0.25) is 5.10 Å². The Morgan fingerprint density at radius 2 is 2.30 bits per heavy atom. The second-order valence-corrected chi connectivity index (χ2v) is 5.18. The van der Waals surface area contributed by atoms with Gasteiger partial charge in [0.05, 0.1) is 17.6 Å². The first kappa shape index (κ1) is 12.8. The zero-order chi connectivity index (χ0) is 14.1. The van der Waals surface area contributed by atoms with Crippen LogP contribution in [0.25, 0.3) is 11.0 Å². The van der Waals surface area contributed by atoms with Crippen LogP contribution in [-0.4, -0.2) is 36.2 Å². The summed E-state index contributed by atoms with van der Waals surface area (Å²) in [7, 11) is 0. The molecule has 0 amide bonds. The van der Waals surface area contributed by atoms with Gasteiger partial charge in [-0.2, -0.15) is 5.10 Å². The molecule has 3 rings (SSSR count). The van der Waals surface area contributed by atoms with Gasteiger partial charge in [0.1, 0.15) is 17.8 Å². The van der Waals surface area contributed by atoms with Crippen LogP contribution in [0.5, 0.6) is 0 Å². The van der Waals surface area contributed by atoms with Crippen molar-refractivity contribution < 1.29 is 9.90 Å². The first-order chi connectivity index (χ1) is 9.65. The van der Waals surface area contributed by atoms with E-state index in [2.05, 4.69) is 53.1 Å². The number of halogens is 1. The zero-order valence-corrected chi connectivity index (χ0v) is 12.2. The van der Waals surface area contributed by atoms with Crippen molar-refractivity contribution in [3.63, 3.8) is 0 Å². The Kier molecular flexibility index (Phi) is 3.26. The van der Waals surface area contributed by atoms with Gasteiger partial charge >= 0.3 is 5.97 Å². The fourth-order valence-electron chi connectivity index (χ4n) is 1.80. The summed E-state index contributed by atoms with van der Waals surface area (Å²) < 4.78 is 1.01. The molecular weight excluding hydrogens is 375 g/mol. The van der Waals surface area contributed by atoms with Crippen LogP contribution >= 0.6 is 22.6 Å². The Labute approximate surface area is 126 Å². The molecule has 0 spiro atoms. The summed E-state index contributed by atoms with van der Waals surface area (Å²) >= 11 is 2.20. The highest BCUT2D eigenvalue weighted by atomic mass is 127. The number of nitrogens with zero attached hydrogens (tertiary/aromatic N) is 3. The van der Waals surface area contributed by atoms with Crippen molar-refractivity contribution in [2.45, 2.75) is 6.54 Å². The van der Waals surface area contributed by atoms with Crippen LogP contribution in [0.3, 0.4) is 0 Å². The van der Waals surface area contributed by atoms with E-state index in [9.17, 15) is 4.79 Å². The fourth-order valence-corrected chi connectivity index (χ4v) is 2.47. The summed E-state index contributed by atoms with van der Waals surface area (Å²) in [5, 5.41) is 19.2. The first-order valence-corrected chi connectivity index (χ1v) is 6.72. The number of aromatic nitrogens is 5. The van der Waals surface area contributed by atoms with Crippen molar-refractivity contribution in [2.24, 2.45) is 0 Å². The molecule has 0 aliphatic rings. The van der Waals surface area contributed by atoms with Gasteiger partial charge in [0.15, 0.2) is 5.69 Å². The van der Waals surface area contributed by atoms with Gasteiger partial charge < -0.3 is 15.4 Å². The Balaban J connectivity index is 1.82. The summed E-state index contributed by atoms with van der Waals surface area (Å²) in [6.45, 7) is 0.396. The standard InChI is InChI=1S/C11H9IN6O2/c12-6-3-14-10-8(6)9(15-4-16-10)13-2-5-1-7(11(19)20)18-17-5/h1,3-4H,2H2,(H,17,18)(H,19,20)(H2,13,14,15,16). The summed E-state index contributed by atoms with van der Waals surface area (Å²) in [4.78, 5) is 22.1. The van der Waals surface area contributed by atoms with Crippen LogP contribution in [0.4, 0.5) is 5.82 Å². The van der Waals surface area contributed by atoms with Crippen LogP contribution in [0.1, 0.15) is 16.2 Å². The zero-order valence-electron chi connectivity index (χ0n) is 10.0. The van der Waals surface area contributed by atoms with Gasteiger partial charge in [-0.1, -0.05) is 0 Å². The SMILES string of the molecule is O=C(O)c1cc(CNc2ncnc3[nH]cc(I)c23)[nH]n1. The number of nitrogens with one attached hydrogen (secondary N) is 3. The van der Waals surface area contributed by atoms with Crippen LogP contribution in [0, 0.1) is 3.57 Å². The topological polar surface area (TPSA) is 120 Å². The number of fused-ring (bicyclic) bond motifs is 1. The van der Waals surface area contributed by atoms with Gasteiger partial charge in [0.25, 0.3) is 0 Å². The molecule has 0 saturated heterocycles. The Morgan fingerprint density at radius 3 is 3.05 bits per heavy atom. The van der Waals surface area contributed by atoms with Crippen molar-refractivity contribution >= 4 is 45.4 Å². The normalized spacial score (nSPS) is 10.8. The average molecular weight is 384 g/mol. The maximum absolute atomic E-state index is 10.7. The molecule has 3 aromatic heterocycles. The summed E-state index contributed by atoms with van der Waals surface area (Å²) in [5.74, 6) is -0.371. The predicted molar refractivity (Wildman–Crippen MR) is 79.5 cm³/mol. The number of aromatic carboxylic acids is 1. The predicted octanol–water partition coefficient (Wildman–Crippen LogP) is 1.60. The Bertz CT molecular complexity index is 780.